The summed E-state index contributed by atoms with van der Waals surface area (Å²) in [7, 11) is 0. The van der Waals surface area contributed by atoms with Crippen molar-refractivity contribution in [2.75, 3.05) is 5.32 Å². The quantitative estimate of drug-likeness (QED) is 0.337. The molecule has 4 nitrogen and oxygen atoms in total. The molecule has 0 saturated carbocycles. The first kappa shape index (κ1) is 25.6. The first-order valence-corrected chi connectivity index (χ1v) is 9.72. The summed E-state index contributed by atoms with van der Waals surface area (Å²) in [6.07, 6.45) is -11.5. The molecule has 0 saturated heterocycles. The number of rotatable bonds is 5. The zero-order valence-electron chi connectivity index (χ0n) is 16.2. The monoisotopic (exact) mass is 560 g/mol. The smallest absolute Gasteiger partial charge is 0.433 e. The number of nitrogens with one attached hydrogen (secondary N) is 1. The van der Waals surface area contributed by atoms with Gasteiger partial charge in [0.05, 0.1) is 11.2 Å². The number of alkyl halides is 9. The Hall–Kier alpha value is -3.03. The van der Waals surface area contributed by atoms with Crippen molar-refractivity contribution in [1.82, 2.24) is 4.98 Å². The molecule has 1 heterocycles. The maximum absolute atomic E-state index is 14.4. The summed E-state index contributed by atoms with van der Waals surface area (Å²) >= 11 is 2.60. The number of fused-ring (bicyclic) bond motifs is 1. The van der Waals surface area contributed by atoms with E-state index in [4.69, 9.17) is 0 Å². The van der Waals surface area contributed by atoms with Crippen LogP contribution in [0.2, 0.25) is 0 Å². The van der Waals surface area contributed by atoms with Crippen LogP contribution in [-0.2, 0) is 5.67 Å². The van der Waals surface area contributed by atoms with Crippen LogP contribution in [0.3, 0.4) is 0 Å². The highest BCUT2D eigenvalue weighted by atomic mass is 79.9. The highest BCUT2D eigenvalue weighted by Crippen LogP contribution is 2.55. The van der Waals surface area contributed by atoms with Crippen LogP contribution in [0.25, 0.3) is 10.9 Å². The van der Waals surface area contributed by atoms with Gasteiger partial charge in [0, 0.05) is 27.2 Å². The van der Waals surface area contributed by atoms with E-state index in [2.05, 4.69) is 31.0 Å². The van der Waals surface area contributed by atoms with E-state index >= 15 is 0 Å². The van der Waals surface area contributed by atoms with Crippen molar-refractivity contribution in [1.29, 1.82) is 0 Å². The summed E-state index contributed by atoms with van der Waals surface area (Å²) in [5, 5.41) is 2.58. The summed E-state index contributed by atoms with van der Waals surface area (Å²) in [5.74, 6) is -2.30. The first-order chi connectivity index (χ1) is 15.6. The molecule has 1 N–H and O–H groups in total. The standard InChI is InChI=1S/C20H10BrF9N2O2/c21-12-7-11(18(24,19(25,26)27)20(28,29)30)8-14(34-17(22)23)15(12)32-16(33)10-3-4-13-9(6-10)2-1-5-31-13/h1-8,17H,(H,32,33). The van der Waals surface area contributed by atoms with Crippen LogP contribution < -0.4 is 10.1 Å². The van der Waals surface area contributed by atoms with Gasteiger partial charge in [-0.25, -0.2) is 4.39 Å². The fourth-order valence-electron chi connectivity index (χ4n) is 2.98. The Labute approximate surface area is 192 Å². The van der Waals surface area contributed by atoms with E-state index in [9.17, 15) is 44.3 Å². The molecule has 0 aliphatic carbocycles. The molecule has 0 unspecified atom stereocenters. The van der Waals surface area contributed by atoms with Crippen LogP contribution in [0, 0.1) is 0 Å². The zero-order chi connectivity index (χ0) is 25.5. The lowest BCUT2D eigenvalue weighted by molar-refractivity contribution is -0.348. The Bertz CT molecular complexity index is 1210. The van der Waals surface area contributed by atoms with Crippen LogP contribution in [0.4, 0.5) is 45.2 Å². The molecule has 0 atom stereocenters. The van der Waals surface area contributed by atoms with Gasteiger partial charge in [0.15, 0.2) is 5.75 Å². The molecule has 0 aliphatic heterocycles. The summed E-state index contributed by atoms with van der Waals surface area (Å²) in [6, 6.07) is 7.14. The minimum atomic E-state index is -6.49. The molecule has 0 bridgehead atoms. The number of benzene rings is 2. The number of nitrogens with zero attached hydrogens (tertiary/aromatic N) is 1. The van der Waals surface area contributed by atoms with Gasteiger partial charge in [-0.1, -0.05) is 6.07 Å². The number of hydrogen-bond donors (Lipinski definition) is 1. The van der Waals surface area contributed by atoms with E-state index in [0.717, 1.165) is 0 Å². The number of halogens is 10. The number of anilines is 1. The molecule has 14 heteroatoms. The van der Waals surface area contributed by atoms with Crippen LogP contribution in [-0.4, -0.2) is 29.9 Å². The van der Waals surface area contributed by atoms with Crippen molar-refractivity contribution < 1.29 is 49.0 Å². The molecular formula is C20H10BrF9N2O2. The van der Waals surface area contributed by atoms with Gasteiger partial charge in [-0.3, -0.25) is 9.78 Å². The van der Waals surface area contributed by atoms with Crippen molar-refractivity contribution in [2.45, 2.75) is 24.6 Å². The molecule has 182 valence electrons. The van der Waals surface area contributed by atoms with Crippen molar-refractivity contribution in [3.8, 4) is 5.75 Å². The molecule has 3 aromatic rings. The van der Waals surface area contributed by atoms with Crippen molar-refractivity contribution in [3.05, 3.63) is 64.3 Å². The number of ether oxygens (including phenoxy) is 1. The predicted molar refractivity (Wildman–Crippen MR) is 105 cm³/mol. The maximum Gasteiger partial charge on any atom is 0.435 e. The summed E-state index contributed by atoms with van der Waals surface area (Å²) in [5.41, 5.74) is -8.27. The van der Waals surface area contributed by atoms with Gasteiger partial charge in [0.2, 0.25) is 0 Å². The summed E-state index contributed by atoms with van der Waals surface area (Å²) in [6.45, 7) is -3.73. The molecule has 0 radical (unpaired) electrons. The maximum atomic E-state index is 14.4. The Morgan fingerprint density at radius 3 is 2.21 bits per heavy atom. The fourth-order valence-corrected chi connectivity index (χ4v) is 3.52. The molecule has 1 aromatic heterocycles. The Balaban J connectivity index is 2.09. The Kier molecular flexibility index (Phi) is 6.75. The third kappa shape index (κ3) is 4.76. The van der Waals surface area contributed by atoms with Gasteiger partial charge < -0.3 is 10.1 Å². The predicted octanol–water partition coefficient (Wildman–Crippen LogP) is 7.14. The second-order valence-electron chi connectivity index (χ2n) is 6.73. The topological polar surface area (TPSA) is 51.2 Å². The van der Waals surface area contributed by atoms with E-state index in [-0.39, 0.29) is 17.7 Å². The lowest BCUT2D eigenvalue weighted by Gasteiger charge is -2.31. The molecular weight excluding hydrogens is 551 g/mol. The fraction of sp³-hybridized carbons (Fsp3) is 0.200. The molecule has 0 fully saturated rings. The number of carbonyl (C=O) groups excluding carboxylic acids is 1. The van der Waals surface area contributed by atoms with E-state index in [1.807, 2.05) is 0 Å². The normalized spacial score (nSPS) is 12.8. The SMILES string of the molecule is O=C(Nc1c(Br)cc(C(F)(C(F)(F)F)C(F)(F)F)cc1OC(F)F)c1ccc2ncccc2c1. The van der Waals surface area contributed by atoms with E-state index in [1.165, 1.54) is 24.4 Å². The van der Waals surface area contributed by atoms with E-state index in [0.29, 0.717) is 10.9 Å². The zero-order valence-corrected chi connectivity index (χ0v) is 17.8. The van der Waals surface area contributed by atoms with Gasteiger partial charge in [0.1, 0.15) is 0 Å². The second-order valence-corrected chi connectivity index (χ2v) is 7.58. The minimum absolute atomic E-state index is 0.0510. The molecule has 2 aromatic carbocycles. The van der Waals surface area contributed by atoms with Gasteiger partial charge in [-0.15, -0.1) is 0 Å². The molecule has 0 aliphatic rings. The average molecular weight is 561 g/mol. The largest absolute Gasteiger partial charge is 0.435 e. The lowest BCUT2D eigenvalue weighted by atomic mass is 9.93. The van der Waals surface area contributed by atoms with Gasteiger partial charge in [-0.2, -0.15) is 35.1 Å². The van der Waals surface area contributed by atoms with Crippen molar-refractivity contribution >= 4 is 38.4 Å². The lowest BCUT2D eigenvalue weighted by Crippen LogP contribution is -2.50. The van der Waals surface area contributed by atoms with Gasteiger partial charge in [-0.05, 0) is 52.3 Å². The number of amides is 1. The number of carbonyl (C=O) groups is 1. The molecule has 1 amide bonds. The second kappa shape index (κ2) is 8.96. The van der Waals surface area contributed by atoms with E-state index in [1.54, 1.807) is 12.1 Å². The van der Waals surface area contributed by atoms with Crippen LogP contribution in [0.5, 0.6) is 5.75 Å². The van der Waals surface area contributed by atoms with Crippen molar-refractivity contribution in [3.63, 3.8) is 0 Å². The molecule has 0 spiro atoms. The number of aromatic nitrogens is 1. The molecule has 3 rings (SSSR count). The summed E-state index contributed by atoms with van der Waals surface area (Å²) < 4.78 is 122. The number of hydrogen-bond acceptors (Lipinski definition) is 3. The molecule has 34 heavy (non-hydrogen) atoms. The Morgan fingerprint density at radius 2 is 1.62 bits per heavy atom. The van der Waals surface area contributed by atoms with E-state index < -0.39 is 52.0 Å². The van der Waals surface area contributed by atoms with Gasteiger partial charge >= 0.3 is 24.6 Å². The van der Waals surface area contributed by atoms with Crippen molar-refractivity contribution in [2.24, 2.45) is 0 Å². The van der Waals surface area contributed by atoms with Crippen LogP contribution in [0.15, 0.2) is 53.1 Å². The van der Waals surface area contributed by atoms with Gasteiger partial charge in [0.25, 0.3) is 5.91 Å². The highest BCUT2D eigenvalue weighted by Gasteiger charge is 2.73. The Morgan fingerprint density at radius 1 is 0.971 bits per heavy atom. The average Bonchev–Trinajstić information content (AvgIpc) is 2.72. The first-order valence-electron chi connectivity index (χ1n) is 8.92. The highest BCUT2D eigenvalue weighted by molar-refractivity contribution is 9.10. The number of pyridine rings is 1. The van der Waals surface area contributed by atoms with Crippen LogP contribution >= 0.6 is 15.9 Å². The summed E-state index contributed by atoms with van der Waals surface area (Å²) in [4.78, 5) is 16.7. The third-order valence-corrected chi connectivity index (χ3v) is 5.18. The minimum Gasteiger partial charge on any atom is -0.433 e. The van der Waals surface area contributed by atoms with Crippen LogP contribution in [0.1, 0.15) is 15.9 Å². The third-order valence-electron chi connectivity index (χ3n) is 4.55.